The van der Waals surface area contributed by atoms with Crippen LogP contribution < -0.4 is 15.8 Å². The Morgan fingerprint density at radius 3 is 2.24 bits per heavy atom. The summed E-state index contributed by atoms with van der Waals surface area (Å²) < 4.78 is 16.0. The van der Waals surface area contributed by atoms with Gasteiger partial charge in [-0.3, -0.25) is 14.9 Å². The molecule has 0 fully saturated rings. The van der Waals surface area contributed by atoms with Crippen LogP contribution in [0.1, 0.15) is 51.5 Å². The molecule has 0 aliphatic heterocycles. The number of carbonyl (C=O) groups is 3. The van der Waals surface area contributed by atoms with Crippen molar-refractivity contribution < 1.29 is 28.3 Å². The zero-order valence-electron chi connectivity index (χ0n) is 19.2. The standard InChI is InChI=1S/C26H26N2O6/c1-4-32-19-13-11-17(12-14-19)15-20(18-9-7-6-8-10-18)24(30)28-25-22(23(27)29)21(16(3)34-25)26(31)33-5-2/h6-15H,4-5H2,1-3H3,(H2,27,29)(H,28,30)/b20-15+. The van der Waals surface area contributed by atoms with E-state index >= 15 is 0 Å². The Bertz CT molecular complexity index is 1210. The molecule has 3 rings (SSSR count). The van der Waals surface area contributed by atoms with E-state index < -0.39 is 17.8 Å². The molecule has 34 heavy (non-hydrogen) atoms. The van der Waals surface area contributed by atoms with Crippen LogP contribution >= 0.6 is 0 Å². The SMILES string of the molecule is CCOC(=O)c1c(C)oc(NC(=O)/C(=C/c2ccc(OCC)cc2)c2ccccc2)c1C(N)=O. The Balaban J connectivity index is 2.01. The highest BCUT2D eigenvalue weighted by atomic mass is 16.5. The summed E-state index contributed by atoms with van der Waals surface area (Å²) in [5.74, 6) is -1.62. The number of benzene rings is 2. The van der Waals surface area contributed by atoms with Crippen molar-refractivity contribution in [1.82, 2.24) is 0 Å². The molecule has 1 aromatic heterocycles. The van der Waals surface area contributed by atoms with Gasteiger partial charge in [0.1, 0.15) is 22.6 Å². The van der Waals surface area contributed by atoms with Crippen molar-refractivity contribution in [3.8, 4) is 5.75 Å². The third kappa shape index (κ3) is 5.53. The molecule has 0 radical (unpaired) electrons. The van der Waals surface area contributed by atoms with Gasteiger partial charge in [-0.1, -0.05) is 42.5 Å². The monoisotopic (exact) mass is 462 g/mol. The first-order valence-electron chi connectivity index (χ1n) is 10.8. The maximum atomic E-state index is 13.3. The number of esters is 1. The van der Waals surface area contributed by atoms with Crippen LogP contribution in [0, 0.1) is 6.92 Å². The molecule has 0 saturated carbocycles. The lowest BCUT2D eigenvalue weighted by Crippen LogP contribution is -2.20. The van der Waals surface area contributed by atoms with Gasteiger partial charge in [0.25, 0.3) is 11.8 Å². The lowest BCUT2D eigenvalue weighted by Gasteiger charge is -2.10. The van der Waals surface area contributed by atoms with E-state index in [0.717, 1.165) is 5.56 Å². The van der Waals surface area contributed by atoms with Gasteiger partial charge >= 0.3 is 5.97 Å². The summed E-state index contributed by atoms with van der Waals surface area (Å²) in [4.78, 5) is 37.8. The summed E-state index contributed by atoms with van der Waals surface area (Å²) in [5.41, 5.74) is 6.87. The average molecular weight is 463 g/mol. The van der Waals surface area contributed by atoms with Gasteiger partial charge in [-0.15, -0.1) is 0 Å². The maximum Gasteiger partial charge on any atom is 0.342 e. The Labute approximate surface area is 197 Å². The number of hydrogen-bond acceptors (Lipinski definition) is 6. The minimum Gasteiger partial charge on any atom is -0.494 e. The van der Waals surface area contributed by atoms with Gasteiger partial charge in [-0.2, -0.15) is 0 Å². The number of ether oxygens (including phenoxy) is 2. The molecule has 2 aromatic carbocycles. The first-order valence-corrected chi connectivity index (χ1v) is 10.8. The van der Waals surface area contributed by atoms with Gasteiger partial charge in [-0.05, 0) is 50.1 Å². The third-order valence-electron chi connectivity index (χ3n) is 4.87. The predicted molar refractivity (Wildman–Crippen MR) is 128 cm³/mol. The Morgan fingerprint density at radius 1 is 0.971 bits per heavy atom. The largest absolute Gasteiger partial charge is 0.494 e. The minimum atomic E-state index is -0.924. The van der Waals surface area contributed by atoms with E-state index in [-0.39, 0.29) is 29.4 Å². The molecule has 3 N–H and O–H groups in total. The number of nitrogens with two attached hydrogens (primary N) is 1. The third-order valence-corrected chi connectivity index (χ3v) is 4.87. The number of furan rings is 1. The van der Waals surface area contributed by atoms with Crippen molar-refractivity contribution in [2.24, 2.45) is 5.73 Å². The summed E-state index contributed by atoms with van der Waals surface area (Å²) in [5, 5.41) is 2.59. The van der Waals surface area contributed by atoms with Crippen LogP contribution in [-0.2, 0) is 9.53 Å². The number of aryl methyl sites for hydroxylation is 1. The molecule has 0 aliphatic rings. The molecule has 176 valence electrons. The summed E-state index contributed by atoms with van der Waals surface area (Å²) in [7, 11) is 0. The molecule has 0 aliphatic carbocycles. The second-order valence-corrected chi connectivity index (χ2v) is 7.20. The zero-order chi connectivity index (χ0) is 24.7. The van der Waals surface area contributed by atoms with Crippen molar-refractivity contribution in [1.29, 1.82) is 0 Å². The van der Waals surface area contributed by atoms with Gasteiger partial charge in [0, 0.05) is 5.57 Å². The molecule has 0 atom stereocenters. The van der Waals surface area contributed by atoms with Crippen LogP contribution in [0.2, 0.25) is 0 Å². The number of primary amides is 1. The van der Waals surface area contributed by atoms with Crippen LogP contribution in [0.25, 0.3) is 11.6 Å². The van der Waals surface area contributed by atoms with Crippen molar-refractivity contribution in [2.45, 2.75) is 20.8 Å². The molecule has 0 spiro atoms. The normalized spacial score (nSPS) is 11.1. The second-order valence-electron chi connectivity index (χ2n) is 7.20. The number of rotatable bonds is 9. The topological polar surface area (TPSA) is 121 Å². The van der Waals surface area contributed by atoms with Crippen LogP contribution in [0.3, 0.4) is 0 Å². The van der Waals surface area contributed by atoms with Gasteiger partial charge in [-0.25, -0.2) is 4.79 Å². The second kappa shape index (κ2) is 11.0. The Morgan fingerprint density at radius 2 is 1.65 bits per heavy atom. The lowest BCUT2D eigenvalue weighted by molar-refractivity contribution is -0.111. The fourth-order valence-corrected chi connectivity index (χ4v) is 3.38. The summed E-state index contributed by atoms with van der Waals surface area (Å²) in [6, 6.07) is 16.3. The smallest absolute Gasteiger partial charge is 0.342 e. The zero-order valence-corrected chi connectivity index (χ0v) is 19.2. The van der Waals surface area contributed by atoms with E-state index in [1.807, 2.05) is 37.3 Å². The number of hydrogen-bond donors (Lipinski definition) is 2. The fourth-order valence-electron chi connectivity index (χ4n) is 3.38. The first-order chi connectivity index (χ1) is 16.3. The fraction of sp³-hybridized carbons (Fsp3) is 0.192. The summed E-state index contributed by atoms with van der Waals surface area (Å²) in [6.07, 6.45) is 1.70. The number of anilines is 1. The van der Waals surface area contributed by atoms with Gasteiger partial charge < -0.3 is 19.6 Å². The molecule has 0 unspecified atom stereocenters. The Kier molecular flexibility index (Phi) is 7.87. The first kappa shape index (κ1) is 24.3. The molecule has 0 saturated heterocycles. The number of amides is 2. The molecular formula is C26H26N2O6. The lowest BCUT2D eigenvalue weighted by atomic mass is 10.0. The van der Waals surface area contributed by atoms with E-state index in [2.05, 4.69) is 5.32 Å². The maximum absolute atomic E-state index is 13.3. The van der Waals surface area contributed by atoms with E-state index in [0.29, 0.717) is 23.5 Å². The number of carbonyl (C=O) groups excluding carboxylic acids is 3. The molecule has 0 bridgehead atoms. The molecule has 8 nitrogen and oxygen atoms in total. The quantitative estimate of drug-likeness (QED) is 0.275. The highest BCUT2D eigenvalue weighted by molar-refractivity contribution is 6.29. The van der Waals surface area contributed by atoms with E-state index in [4.69, 9.17) is 19.6 Å². The summed E-state index contributed by atoms with van der Waals surface area (Å²) in [6.45, 7) is 5.67. The molecule has 2 amide bonds. The molecule has 8 heteroatoms. The van der Waals surface area contributed by atoms with Gasteiger partial charge in [0.05, 0.1) is 13.2 Å². The average Bonchev–Trinajstić information content (AvgIpc) is 3.15. The van der Waals surface area contributed by atoms with Crippen molar-refractivity contribution in [2.75, 3.05) is 18.5 Å². The number of nitrogens with one attached hydrogen (secondary N) is 1. The van der Waals surface area contributed by atoms with Crippen LogP contribution in [0.5, 0.6) is 5.75 Å². The highest BCUT2D eigenvalue weighted by Crippen LogP contribution is 2.29. The molecule has 1 heterocycles. The van der Waals surface area contributed by atoms with Crippen molar-refractivity contribution in [3.05, 3.63) is 82.6 Å². The Hall–Kier alpha value is -4.33. The van der Waals surface area contributed by atoms with Crippen molar-refractivity contribution in [3.63, 3.8) is 0 Å². The minimum absolute atomic E-state index is 0.103. The highest BCUT2D eigenvalue weighted by Gasteiger charge is 2.29. The van der Waals surface area contributed by atoms with Crippen LogP contribution in [-0.4, -0.2) is 31.0 Å². The predicted octanol–water partition coefficient (Wildman–Crippen LogP) is 4.44. The van der Waals surface area contributed by atoms with E-state index in [1.165, 1.54) is 6.92 Å². The van der Waals surface area contributed by atoms with Crippen LogP contribution in [0.4, 0.5) is 5.88 Å². The van der Waals surface area contributed by atoms with Gasteiger partial charge in [0.2, 0.25) is 5.88 Å². The van der Waals surface area contributed by atoms with E-state index in [9.17, 15) is 14.4 Å². The van der Waals surface area contributed by atoms with E-state index in [1.54, 1.807) is 37.3 Å². The van der Waals surface area contributed by atoms with Crippen molar-refractivity contribution >= 4 is 35.3 Å². The molecule has 3 aromatic rings. The van der Waals surface area contributed by atoms with Crippen LogP contribution in [0.15, 0.2) is 59.0 Å². The molecular weight excluding hydrogens is 436 g/mol. The van der Waals surface area contributed by atoms with Gasteiger partial charge in [0.15, 0.2) is 0 Å². The summed E-state index contributed by atoms with van der Waals surface area (Å²) >= 11 is 0.